The molecule has 0 saturated carbocycles. The summed E-state index contributed by atoms with van der Waals surface area (Å²) < 4.78 is 68.3. The molecule has 1 amide bonds. The Hall–Kier alpha value is -3.53. The number of nitrogens with one attached hydrogen (secondary N) is 1. The third-order valence-corrected chi connectivity index (χ3v) is 7.72. The highest BCUT2D eigenvalue weighted by Crippen LogP contribution is 2.27. The lowest BCUT2D eigenvalue weighted by Gasteiger charge is -2.27. The Morgan fingerprint density at radius 2 is 1.56 bits per heavy atom. The molecule has 0 fully saturated rings. The average Bonchev–Trinajstić information content (AvgIpc) is 2.79. The maximum atomic E-state index is 13.1. The second-order valence-electron chi connectivity index (χ2n) is 8.59. The lowest BCUT2D eigenvalue weighted by atomic mass is 10.1. The van der Waals surface area contributed by atoms with Gasteiger partial charge in [-0.05, 0) is 92.9 Å². The van der Waals surface area contributed by atoms with Crippen LogP contribution in [-0.4, -0.2) is 25.9 Å². The van der Waals surface area contributed by atoms with E-state index >= 15 is 0 Å². The van der Waals surface area contributed by atoms with Crippen LogP contribution < -0.4 is 14.4 Å². The first-order chi connectivity index (χ1) is 16.8. The minimum atomic E-state index is -4.81. The summed E-state index contributed by atoms with van der Waals surface area (Å²) in [7, 11) is -3.62. The molecule has 10 heteroatoms. The number of carbonyl (C=O) groups excluding carboxylic acids is 1. The molecule has 0 unspecified atom stereocenters. The molecule has 3 aromatic carbocycles. The Morgan fingerprint density at radius 3 is 2.08 bits per heavy atom. The highest BCUT2D eigenvalue weighted by atomic mass is 32.2. The summed E-state index contributed by atoms with van der Waals surface area (Å²) in [6, 6.07) is 16.8. The number of alkyl halides is 3. The van der Waals surface area contributed by atoms with Gasteiger partial charge in [0.05, 0.1) is 17.5 Å². The van der Waals surface area contributed by atoms with Crippen LogP contribution in [0.1, 0.15) is 40.9 Å². The van der Waals surface area contributed by atoms with Crippen LogP contribution in [0.5, 0.6) is 5.75 Å². The Labute approximate surface area is 208 Å². The fourth-order valence-corrected chi connectivity index (χ4v) is 4.58. The lowest BCUT2D eigenvalue weighted by molar-refractivity contribution is -0.274. The quantitative estimate of drug-likeness (QED) is 0.384. The average molecular weight is 521 g/mol. The summed E-state index contributed by atoms with van der Waals surface area (Å²) in [4.78, 5) is 12.5. The molecule has 0 aliphatic carbocycles. The summed E-state index contributed by atoms with van der Waals surface area (Å²) in [6.45, 7) is 7.25. The fourth-order valence-electron chi connectivity index (χ4n) is 3.33. The molecule has 3 rings (SSSR count). The molecule has 0 heterocycles. The van der Waals surface area contributed by atoms with Gasteiger partial charge in [-0.3, -0.25) is 9.10 Å². The molecular formula is C26H27F3N2O4S. The molecular weight excluding hydrogens is 493 g/mol. The van der Waals surface area contributed by atoms with Gasteiger partial charge >= 0.3 is 6.36 Å². The van der Waals surface area contributed by atoms with Crippen molar-refractivity contribution in [2.24, 2.45) is 0 Å². The van der Waals surface area contributed by atoms with Gasteiger partial charge in [0, 0.05) is 11.3 Å². The van der Waals surface area contributed by atoms with Crippen molar-refractivity contribution < 1.29 is 31.1 Å². The van der Waals surface area contributed by atoms with E-state index in [0.29, 0.717) is 16.9 Å². The number of hydrogen-bond acceptors (Lipinski definition) is 4. The molecule has 0 aliphatic heterocycles. The molecule has 0 saturated heterocycles. The van der Waals surface area contributed by atoms with E-state index in [9.17, 15) is 26.4 Å². The van der Waals surface area contributed by atoms with Gasteiger partial charge in [0.15, 0.2) is 0 Å². The molecule has 1 N–H and O–H groups in total. The largest absolute Gasteiger partial charge is 0.573 e. The van der Waals surface area contributed by atoms with Crippen LogP contribution >= 0.6 is 0 Å². The lowest BCUT2D eigenvalue weighted by Crippen LogP contribution is -2.36. The fraction of sp³-hybridized carbons (Fsp3) is 0.269. The molecule has 0 atom stereocenters. The Balaban J connectivity index is 1.75. The van der Waals surface area contributed by atoms with Crippen LogP contribution in [0.15, 0.2) is 66.7 Å². The predicted molar refractivity (Wildman–Crippen MR) is 134 cm³/mol. The van der Waals surface area contributed by atoms with Gasteiger partial charge in [-0.15, -0.1) is 13.2 Å². The number of aryl methyl sites for hydroxylation is 2. The van der Waals surface area contributed by atoms with E-state index in [0.717, 1.165) is 23.3 Å². The Kier molecular flexibility index (Phi) is 7.98. The second-order valence-corrected chi connectivity index (χ2v) is 11.0. The highest BCUT2D eigenvalue weighted by molar-refractivity contribution is 7.93. The van der Waals surface area contributed by atoms with Gasteiger partial charge in [-0.1, -0.05) is 18.2 Å². The van der Waals surface area contributed by atoms with E-state index in [1.165, 1.54) is 16.4 Å². The molecule has 0 spiro atoms. The standard InChI is InChI=1S/C26H27F3N2O4S/c1-17(2)36(33,34)31(23-12-5-18(3)19(4)15-23)16-20-6-10-22(11-7-20)30-25(32)21-8-13-24(14-9-21)35-26(27,28)29/h5-15,17H,16H2,1-4H3,(H,30,32). The molecule has 0 aromatic heterocycles. The van der Waals surface area contributed by atoms with Crippen molar-refractivity contribution in [1.82, 2.24) is 0 Å². The normalized spacial score (nSPS) is 11.9. The molecule has 6 nitrogen and oxygen atoms in total. The molecule has 0 radical (unpaired) electrons. The Bertz CT molecular complexity index is 1320. The predicted octanol–water partition coefficient (Wildman–Crippen LogP) is 6.20. The highest BCUT2D eigenvalue weighted by Gasteiger charge is 2.31. The van der Waals surface area contributed by atoms with Crippen LogP contribution in [0.2, 0.25) is 0 Å². The summed E-state index contributed by atoms with van der Waals surface area (Å²) in [5.41, 5.74) is 3.92. The van der Waals surface area contributed by atoms with Gasteiger partial charge in [0.2, 0.25) is 10.0 Å². The molecule has 0 aliphatic rings. The van der Waals surface area contributed by atoms with Crippen LogP contribution in [0.3, 0.4) is 0 Å². The summed E-state index contributed by atoms with van der Waals surface area (Å²) >= 11 is 0. The first kappa shape index (κ1) is 27.1. The maximum Gasteiger partial charge on any atom is 0.573 e. The number of hydrogen-bond donors (Lipinski definition) is 1. The van der Waals surface area contributed by atoms with Crippen LogP contribution in [-0.2, 0) is 16.6 Å². The maximum absolute atomic E-state index is 13.1. The van der Waals surface area contributed by atoms with Crippen LogP contribution in [0.4, 0.5) is 24.5 Å². The minimum absolute atomic E-state index is 0.109. The van der Waals surface area contributed by atoms with Crippen molar-refractivity contribution in [2.45, 2.75) is 45.9 Å². The number of amides is 1. The summed E-state index contributed by atoms with van der Waals surface area (Å²) in [5, 5.41) is 2.05. The van der Waals surface area contributed by atoms with E-state index in [1.54, 1.807) is 44.2 Å². The number of rotatable bonds is 8. The van der Waals surface area contributed by atoms with Gasteiger partial charge in [0.1, 0.15) is 5.75 Å². The van der Waals surface area contributed by atoms with Crippen molar-refractivity contribution in [3.8, 4) is 5.75 Å². The van der Waals surface area contributed by atoms with E-state index < -0.39 is 33.3 Å². The third kappa shape index (κ3) is 6.78. The van der Waals surface area contributed by atoms with Crippen LogP contribution in [0, 0.1) is 13.8 Å². The summed E-state index contributed by atoms with van der Waals surface area (Å²) in [5.74, 6) is -0.937. The minimum Gasteiger partial charge on any atom is -0.406 e. The van der Waals surface area contributed by atoms with Crippen molar-refractivity contribution >= 4 is 27.3 Å². The van der Waals surface area contributed by atoms with E-state index in [-0.39, 0.29) is 12.1 Å². The molecule has 192 valence electrons. The number of benzene rings is 3. The van der Waals surface area contributed by atoms with Gasteiger partial charge in [0.25, 0.3) is 5.91 Å². The Morgan fingerprint density at radius 1 is 0.944 bits per heavy atom. The number of anilines is 2. The summed E-state index contributed by atoms with van der Waals surface area (Å²) in [6.07, 6.45) is -4.81. The zero-order valence-corrected chi connectivity index (χ0v) is 21.1. The van der Waals surface area contributed by atoms with Crippen molar-refractivity contribution in [2.75, 3.05) is 9.62 Å². The van der Waals surface area contributed by atoms with Gasteiger partial charge < -0.3 is 10.1 Å². The first-order valence-electron chi connectivity index (χ1n) is 11.1. The van der Waals surface area contributed by atoms with Crippen molar-refractivity contribution in [3.05, 3.63) is 89.0 Å². The van der Waals surface area contributed by atoms with Gasteiger partial charge in [-0.2, -0.15) is 0 Å². The number of sulfonamides is 1. The van der Waals surface area contributed by atoms with E-state index in [1.807, 2.05) is 26.0 Å². The zero-order valence-electron chi connectivity index (χ0n) is 20.3. The number of nitrogens with zero attached hydrogens (tertiary/aromatic N) is 1. The monoisotopic (exact) mass is 520 g/mol. The topological polar surface area (TPSA) is 75.7 Å². The number of halogens is 3. The van der Waals surface area contributed by atoms with Crippen molar-refractivity contribution in [3.63, 3.8) is 0 Å². The van der Waals surface area contributed by atoms with E-state index in [2.05, 4.69) is 10.1 Å². The number of ether oxygens (including phenoxy) is 1. The second kappa shape index (κ2) is 10.6. The SMILES string of the molecule is Cc1ccc(N(Cc2ccc(NC(=O)c3ccc(OC(F)(F)F)cc3)cc2)S(=O)(=O)C(C)C)cc1C. The van der Waals surface area contributed by atoms with Crippen molar-refractivity contribution in [1.29, 1.82) is 0 Å². The number of carbonyl (C=O) groups is 1. The van der Waals surface area contributed by atoms with Gasteiger partial charge in [-0.25, -0.2) is 8.42 Å². The third-order valence-electron chi connectivity index (χ3n) is 5.57. The zero-order chi connectivity index (χ0) is 26.7. The first-order valence-corrected chi connectivity index (χ1v) is 12.6. The molecule has 0 bridgehead atoms. The smallest absolute Gasteiger partial charge is 0.406 e. The van der Waals surface area contributed by atoms with Crippen LogP contribution in [0.25, 0.3) is 0 Å². The van der Waals surface area contributed by atoms with E-state index in [4.69, 9.17) is 0 Å². The molecule has 3 aromatic rings. The molecule has 36 heavy (non-hydrogen) atoms.